The van der Waals surface area contributed by atoms with Crippen molar-refractivity contribution < 1.29 is 34.1 Å². The number of nitrogens with one attached hydrogen (secondary N) is 2. The van der Waals surface area contributed by atoms with Crippen LogP contribution in [0.15, 0.2) is 30.3 Å². The van der Waals surface area contributed by atoms with E-state index in [9.17, 15) is 29.4 Å². The van der Waals surface area contributed by atoms with Crippen molar-refractivity contribution in [1.29, 1.82) is 0 Å². The van der Waals surface area contributed by atoms with Gasteiger partial charge in [0.15, 0.2) is 0 Å². The predicted molar refractivity (Wildman–Crippen MR) is 118 cm³/mol. The Bertz CT molecular complexity index is 740. The molecule has 1 aromatic carbocycles. The lowest BCUT2D eigenvalue weighted by Crippen LogP contribution is -2.53. The molecule has 0 aliphatic rings. The highest BCUT2D eigenvalue weighted by molar-refractivity contribution is 9.58. The van der Waals surface area contributed by atoms with Gasteiger partial charge in [0.1, 0.15) is 24.5 Å². The zero-order valence-electron chi connectivity index (χ0n) is 16.8. The molecule has 0 aromatic heterocycles. The van der Waals surface area contributed by atoms with Crippen LogP contribution in [0.4, 0.5) is 4.79 Å². The van der Waals surface area contributed by atoms with E-state index >= 15 is 0 Å². The van der Waals surface area contributed by atoms with Gasteiger partial charge in [-0.25, -0.2) is 9.59 Å². The van der Waals surface area contributed by atoms with Gasteiger partial charge in [-0.15, -0.1) is 0 Å². The molecule has 9 nitrogen and oxygen atoms in total. The Hall–Kier alpha value is -2.11. The second-order valence-corrected chi connectivity index (χ2v) is 15.3. The molecule has 2 amide bonds. The molecule has 168 valence electrons. The van der Waals surface area contributed by atoms with E-state index in [1.54, 1.807) is 24.3 Å². The summed E-state index contributed by atoms with van der Waals surface area (Å²) in [5, 5.41) is 23.1. The quantitative estimate of drug-likeness (QED) is 0.337. The molecule has 11 heteroatoms. The molecule has 0 radical (unpaired) electrons. The summed E-state index contributed by atoms with van der Waals surface area (Å²) in [6, 6.07) is 6.14. The number of ether oxygens (including phenoxy) is 1. The number of benzene rings is 1. The SMILES string of the molecule is CS(C)(Br)CC(=O)CCC(NC(=O)C(CO)NC(=O)OCc1ccccc1)C(=O)O. The number of carbonyl (C=O) groups is 4. The average Bonchev–Trinajstić information content (AvgIpc) is 2.66. The van der Waals surface area contributed by atoms with Crippen molar-refractivity contribution in [2.45, 2.75) is 31.5 Å². The molecule has 0 bridgehead atoms. The molecule has 0 saturated heterocycles. The van der Waals surface area contributed by atoms with Crippen molar-refractivity contribution in [3.63, 3.8) is 0 Å². The van der Waals surface area contributed by atoms with Crippen LogP contribution >= 0.6 is 23.3 Å². The van der Waals surface area contributed by atoms with Crippen LogP contribution in [0.25, 0.3) is 0 Å². The summed E-state index contributed by atoms with van der Waals surface area (Å²) in [5.41, 5.74) is 0.738. The van der Waals surface area contributed by atoms with Crippen LogP contribution in [0.2, 0.25) is 0 Å². The summed E-state index contributed by atoms with van der Waals surface area (Å²) < 4.78 is 4.98. The van der Waals surface area contributed by atoms with E-state index in [-0.39, 0.29) is 25.2 Å². The lowest BCUT2D eigenvalue weighted by Gasteiger charge is -2.22. The third-order valence-electron chi connectivity index (χ3n) is 3.83. The topological polar surface area (TPSA) is 142 Å². The van der Waals surface area contributed by atoms with E-state index in [1.807, 2.05) is 18.6 Å². The molecule has 1 rings (SSSR count). The largest absolute Gasteiger partial charge is 0.480 e. The zero-order chi connectivity index (χ0) is 22.7. The molecule has 4 N–H and O–H groups in total. The number of halogens is 1. The first kappa shape index (κ1) is 25.9. The van der Waals surface area contributed by atoms with Crippen LogP contribution in [0.3, 0.4) is 0 Å². The summed E-state index contributed by atoms with van der Waals surface area (Å²) in [5.74, 6) is -2.03. The number of carbonyl (C=O) groups excluding carboxylic acids is 3. The highest BCUT2D eigenvalue weighted by Gasteiger charge is 2.27. The predicted octanol–water partition coefficient (Wildman–Crippen LogP) is 1.57. The molecule has 0 saturated carbocycles. The number of alkyl carbamates (subject to hydrolysis) is 1. The number of amides is 2. The third-order valence-corrected chi connectivity index (χ3v) is 5.53. The van der Waals surface area contributed by atoms with Gasteiger partial charge >= 0.3 is 12.1 Å². The number of rotatable bonds is 12. The fraction of sp³-hybridized carbons (Fsp3) is 0.474. The van der Waals surface area contributed by atoms with Gasteiger partial charge in [-0.2, -0.15) is 8.46 Å². The minimum absolute atomic E-state index is 0.0182. The van der Waals surface area contributed by atoms with Gasteiger partial charge < -0.3 is 25.6 Å². The minimum atomic E-state index is -1.39. The summed E-state index contributed by atoms with van der Waals surface area (Å²) in [6.45, 7) is -0.781. The number of Topliss-reactive ketones (excluding diaryl/α,β-unsaturated/α-hetero) is 1. The molecule has 0 spiro atoms. The first-order valence-electron chi connectivity index (χ1n) is 9.05. The molecule has 1 aromatic rings. The van der Waals surface area contributed by atoms with Crippen molar-refractivity contribution in [2.24, 2.45) is 0 Å². The Balaban J connectivity index is 2.55. The molecule has 0 fully saturated rings. The third kappa shape index (κ3) is 10.6. The maximum Gasteiger partial charge on any atom is 0.408 e. The Morgan fingerprint density at radius 2 is 1.73 bits per heavy atom. The van der Waals surface area contributed by atoms with E-state index in [0.29, 0.717) is 5.75 Å². The molecule has 30 heavy (non-hydrogen) atoms. The fourth-order valence-electron chi connectivity index (χ4n) is 2.39. The van der Waals surface area contributed by atoms with E-state index in [4.69, 9.17) is 4.74 Å². The van der Waals surface area contributed by atoms with E-state index in [1.165, 1.54) is 0 Å². The summed E-state index contributed by atoms with van der Waals surface area (Å²) in [4.78, 5) is 47.5. The highest BCUT2D eigenvalue weighted by atomic mass is 79.9. The van der Waals surface area contributed by atoms with Crippen LogP contribution in [0.5, 0.6) is 0 Å². The van der Waals surface area contributed by atoms with Crippen LogP contribution in [0, 0.1) is 0 Å². The van der Waals surface area contributed by atoms with Crippen molar-refractivity contribution in [1.82, 2.24) is 10.6 Å². The molecule has 2 unspecified atom stereocenters. The lowest BCUT2D eigenvalue weighted by molar-refractivity contribution is -0.142. The second kappa shape index (κ2) is 12.6. The van der Waals surface area contributed by atoms with Crippen molar-refractivity contribution in [2.75, 3.05) is 24.9 Å². The number of carboxylic acids is 1. The lowest BCUT2D eigenvalue weighted by atomic mass is 10.1. The standard InChI is InChI=1S/C19H27BrN2O7S/c1-30(2,20)12-14(24)8-9-15(18(26)27)21-17(25)16(10-23)22-19(28)29-11-13-6-4-3-5-7-13/h3-7,15-16,23H,8-12H2,1-2H3,(H,21,25)(H,22,28)(H,26,27). The first-order chi connectivity index (χ1) is 14.0. The van der Waals surface area contributed by atoms with E-state index in [2.05, 4.69) is 25.4 Å². The molecule has 0 heterocycles. The number of aliphatic hydroxyl groups excluding tert-OH is 1. The fourth-order valence-corrected chi connectivity index (χ4v) is 4.07. The Kier molecular flexibility index (Phi) is 10.8. The van der Waals surface area contributed by atoms with Gasteiger partial charge in [-0.1, -0.05) is 30.3 Å². The Morgan fingerprint density at radius 3 is 2.27 bits per heavy atom. The van der Waals surface area contributed by atoms with Crippen LogP contribution in [-0.4, -0.2) is 70.9 Å². The molecular weight excluding hydrogens is 480 g/mol. The molecule has 0 aliphatic carbocycles. The Labute approximate surface area is 184 Å². The van der Waals surface area contributed by atoms with E-state index in [0.717, 1.165) is 5.56 Å². The Morgan fingerprint density at radius 1 is 1.10 bits per heavy atom. The number of hydrogen-bond donors (Lipinski definition) is 4. The number of carboxylic acid groups (broad SMARTS) is 1. The van der Waals surface area contributed by atoms with Gasteiger partial charge in [0.2, 0.25) is 5.91 Å². The number of ketones is 1. The maximum atomic E-state index is 12.3. The number of aliphatic hydroxyl groups is 1. The normalized spacial score (nSPS) is 13.6. The highest BCUT2D eigenvalue weighted by Crippen LogP contribution is 2.47. The van der Waals surface area contributed by atoms with Gasteiger partial charge in [0, 0.05) is 12.2 Å². The summed E-state index contributed by atoms with van der Waals surface area (Å²) in [6.07, 6.45) is 2.75. The van der Waals surface area contributed by atoms with Gasteiger partial charge in [-0.3, -0.25) is 9.59 Å². The van der Waals surface area contributed by atoms with Crippen molar-refractivity contribution >= 4 is 47.0 Å². The van der Waals surface area contributed by atoms with Crippen LogP contribution in [0.1, 0.15) is 18.4 Å². The monoisotopic (exact) mass is 506 g/mol. The van der Waals surface area contributed by atoms with Gasteiger partial charge in [0.25, 0.3) is 0 Å². The number of hydrogen-bond acceptors (Lipinski definition) is 6. The maximum absolute atomic E-state index is 12.3. The van der Waals surface area contributed by atoms with Crippen molar-refractivity contribution in [3.8, 4) is 0 Å². The van der Waals surface area contributed by atoms with Gasteiger partial charge in [0.05, 0.1) is 6.61 Å². The summed E-state index contributed by atoms with van der Waals surface area (Å²) >= 11 is 3.43. The summed E-state index contributed by atoms with van der Waals surface area (Å²) in [7, 11) is -1.24. The minimum Gasteiger partial charge on any atom is -0.480 e. The molecule has 0 aliphatic heterocycles. The molecular formula is C19H27BrN2O7S. The van der Waals surface area contributed by atoms with Gasteiger partial charge in [-0.05, 0) is 39.3 Å². The molecule has 2 atom stereocenters. The second-order valence-electron chi connectivity index (χ2n) is 6.97. The smallest absolute Gasteiger partial charge is 0.408 e. The van der Waals surface area contributed by atoms with Crippen LogP contribution in [-0.2, 0) is 25.7 Å². The van der Waals surface area contributed by atoms with Crippen molar-refractivity contribution in [3.05, 3.63) is 35.9 Å². The van der Waals surface area contributed by atoms with E-state index < -0.39 is 45.1 Å². The zero-order valence-corrected chi connectivity index (χ0v) is 19.2. The first-order valence-corrected chi connectivity index (χ1v) is 13.5. The average molecular weight is 507 g/mol. The number of aliphatic carboxylic acids is 1. The van der Waals surface area contributed by atoms with Crippen LogP contribution < -0.4 is 10.6 Å².